The number of aromatic nitrogens is 1. The number of carbonyl (C=O) groups is 2. The van der Waals surface area contributed by atoms with E-state index in [0.29, 0.717) is 17.1 Å². The van der Waals surface area contributed by atoms with E-state index in [1.165, 1.54) is 11.8 Å². The Bertz CT molecular complexity index is 559. The highest BCUT2D eigenvalue weighted by Crippen LogP contribution is 2.26. The molecule has 1 aromatic rings. The first-order valence-corrected chi connectivity index (χ1v) is 8.54. The summed E-state index contributed by atoms with van der Waals surface area (Å²) in [7, 11) is 0. The third kappa shape index (κ3) is 5.02. The number of carbonyl (C=O) groups excluding carboxylic acids is 2. The number of primary amides is 1. The number of pyridine rings is 1. The van der Waals surface area contributed by atoms with Crippen molar-refractivity contribution in [2.75, 3.05) is 12.3 Å². The number of amides is 2. The zero-order chi connectivity index (χ0) is 16.7. The lowest BCUT2D eigenvalue weighted by Gasteiger charge is -2.13. The normalized spacial score (nSPS) is 10.5. The molecule has 0 aliphatic heterocycles. The molecule has 1 heterocycles. The van der Waals surface area contributed by atoms with Crippen LogP contribution >= 0.6 is 11.8 Å². The van der Waals surface area contributed by atoms with Gasteiger partial charge in [-0.2, -0.15) is 0 Å². The van der Waals surface area contributed by atoms with Crippen LogP contribution in [0.25, 0.3) is 0 Å². The van der Waals surface area contributed by atoms with E-state index >= 15 is 0 Å². The zero-order valence-corrected chi connectivity index (χ0v) is 14.6. The summed E-state index contributed by atoms with van der Waals surface area (Å²) in [5.74, 6) is -0.311. The highest BCUT2D eigenvalue weighted by atomic mass is 32.2. The van der Waals surface area contributed by atoms with Gasteiger partial charge in [-0.25, -0.2) is 4.98 Å². The highest BCUT2D eigenvalue weighted by molar-refractivity contribution is 8.00. The molecule has 122 valence electrons. The zero-order valence-electron chi connectivity index (χ0n) is 13.8. The van der Waals surface area contributed by atoms with Gasteiger partial charge in [0.2, 0.25) is 5.91 Å². The molecule has 0 aromatic carbocycles. The minimum atomic E-state index is -0.501. The fourth-order valence-corrected chi connectivity index (χ4v) is 3.06. The van der Waals surface area contributed by atoms with Crippen LogP contribution in [0.3, 0.4) is 0 Å². The van der Waals surface area contributed by atoms with Crippen molar-refractivity contribution in [3.63, 3.8) is 0 Å². The molecule has 0 radical (unpaired) electrons. The molecule has 0 saturated heterocycles. The molecule has 6 heteroatoms. The summed E-state index contributed by atoms with van der Waals surface area (Å²) in [6.45, 7) is 8.48. The molecule has 0 atom stereocenters. The van der Waals surface area contributed by atoms with Gasteiger partial charge < -0.3 is 11.1 Å². The van der Waals surface area contributed by atoms with Crippen LogP contribution in [-0.4, -0.2) is 29.1 Å². The first-order chi connectivity index (χ1) is 10.4. The maximum Gasteiger partial charge on any atom is 0.251 e. The Hall–Kier alpha value is -1.56. The van der Waals surface area contributed by atoms with Crippen molar-refractivity contribution in [3.05, 3.63) is 22.4 Å². The highest BCUT2D eigenvalue weighted by Gasteiger charge is 2.18. The maximum absolute atomic E-state index is 11.8. The monoisotopic (exact) mass is 323 g/mol. The third-order valence-corrected chi connectivity index (χ3v) is 4.63. The first kappa shape index (κ1) is 18.5. The summed E-state index contributed by atoms with van der Waals surface area (Å²) in [5, 5.41) is 3.41. The van der Waals surface area contributed by atoms with E-state index < -0.39 is 5.91 Å². The minimum absolute atomic E-state index is 0.0470. The first-order valence-electron chi connectivity index (χ1n) is 7.55. The minimum Gasteiger partial charge on any atom is -0.366 e. The van der Waals surface area contributed by atoms with Gasteiger partial charge in [0.15, 0.2) is 0 Å². The summed E-state index contributed by atoms with van der Waals surface area (Å²) >= 11 is 1.26. The number of unbranched alkanes of at least 4 members (excludes halogenated alkanes) is 2. The summed E-state index contributed by atoms with van der Waals surface area (Å²) in [5.41, 5.74) is 8.54. The standard InChI is InChI=1S/C16H25N3O2S/c1-5-6-7-8-18-13(20)9-22-16-14(15(17)21)11(3)10(2)12(4)19-16/h5-9H2,1-4H3,(H2,17,21)(H,18,20). The van der Waals surface area contributed by atoms with Crippen LogP contribution in [0.1, 0.15) is 53.4 Å². The van der Waals surface area contributed by atoms with Crippen molar-refractivity contribution in [3.8, 4) is 0 Å². The van der Waals surface area contributed by atoms with Crippen LogP contribution in [0, 0.1) is 20.8 Å². The molecule has 5 nitrogen and oxygen atoms in total. The van der Waals surface area contributed by atoms with E-state index in [2.05, 4.69) is 17.2 Å². The van der Waals surface area contributed by atoms with Gasteiger partial charge in [0.1, 0.15) is 5.03 Å². The van der Waals surface area contributed by atoms with E-state index in [0.717, 1.165) is 36.1 Å². The van der Waals surface area contributed by atoms with Gasteiger partial charge >= 0.3 is 0 Å². The molecule has 0 unspecified atom stereocenters. The lowest BCUT2D eigenvalue weighted by Crippen LogP contribution is -2.26. The van der Waals surface area contributed by atoms with Gasteiger partial charge in [0.25, 0.3) is 5.91 Å². The average Bonchev–Trinajstić information content (AvgIpc) is 2.46. The number of hydrogen-bond acceptors (Lipinski definition) is 4. The van der Waals surface area contributed by atoms with E-state index in [4.69, 9.17) is 5.73 Å². The van der Waals surface area contributed by atoms with Gasteiger partial charge in [-0.3, -0.25) is 9.59 Å². The number of nitrogens with one attached hydrogen (secondary N) is 1. The van der Waals surface area contributed by atoms with Gasteiger partial charge in [0, 0.05) is 12.2 Å². The van der Waals surface area contributed by atoms with E-state index in [-0.39, 0.29) is 11.7 Å². The Morgan fingerprint density at radius 2 is 1.86 bits per heavy atom. The molecule has 0 aliphatic carbocycles. The Morgan fingerprint density at radius 1 is 1.18 bits per heavy atom. The van der Waals surface area contributed by atoms with Crippen LogP contribution in [0.5, 0.6) is 0 Å². The van der Waals surface area contributed by atoms with E-state index in [1.807, 2.05) is 20.8 Å². The molecule has 0 aliphatic rings. The molecule has 3 N–H and O–H groups in total. The number of rotatable bonds is 8. The maximum atomic E-state index is 11.8. The van der Waals surface area contributed by atoms with E-state index in [9.17, 15) is 9.59 Å². The fourth-order valence-electron chi connectivity index (χ4n) is 2.09. The van der Waals surface area contributed by atoms with Crippen LogP contribution < -0.4 is 11.1 Å². The summed E-state index contributed by atoms with van der Waals surface area (Å²) in [6, 6.07) is 0. The topological polar surface area (TPSA) is 85.1 Å². The van der Waals surface area contributed by atoms with Crippen LogP contribution in [-0.2, 0) is 4.79 Å². The molecule has 0 fully saturated rings. The SMILES string of the molecule is CCCCCNC(=O)CSc1nc(C)c(C)c(C)c1C(N)=O. The lowest BCUT2D eigenvalue weighted by atomic mass is 10.0. The largest absolute Gasteiger partial charge is 0.366 e. The summed E-state index contributed by atoms with van der Waals surface area (Å²) < 4.78 is 0. The van der Waals surface area contributed by atoms with Crippen molar-refractivity contribution in [1.82, 2.24) is 10.3 Å². The van der Waals surface area contributed by atoms with Crippen LogP contribution in [0.15, 0.2) is 5.03 Å². The summed E-state index contributed by atoms with van der Waals surface area (Å²) in [4.78, 5) is 27.9. The number of nitrogens with two attached hydrogens (primary N) is 1. The van der Waals surface area contributed by atoms with E-state index in [1.54, 1.807) is 0 Å². The predicted molar refractivity (Wildman–Crippen MR) is 90.2 cm³/mol. The second-order valence-electron chi connectivity index (χ2n) is 5.34. The number of aryl methyl sites for hydroxylation is 1. The fraction of sp³-hybridized carbons (Fsp3) is 0.562. The van der Waals surface area contributed by atoms with Gasteiger partial charge in [-0.1, -0.05) is 31.5 Å². The molecule has 2 amide bonds. The Morgan fingerprint density at radius 3 is 2.45 bits per heavy atom. The van der Waals surface area contributed by atoms with Crippen molar-refractivity contribution >= 4 is 23.6 Å². The van der Waals surface area contributed by atoms with Gasteiger partial charge in [-0.15, -0.1) is 0 Å². The lowest BCUT2D eigenvalue weighted by molar-refractivity contribution is -0.118. The molecular formula is C16H25N3O2S. The molecule has 1 rings (SSSR count). The number of hydrogen-bond donors (Lipinski definition) is 2. The Balaban J connectivity index is 2.73. The van der Waals surface area contributed by atoms with Crippen LogP contribution in [0.4, 0.5) is 0 Å². The molecule has 0 saturated carbocycles. The van der Waals surface area contributed by atoms with Gasteiger partial charge in [-0.05, 0) is 38.3 Å². The number of thioether (sulfide) groups is 1. The van der Waals surface area contributed by atoms with Crippen molar-refractivity contribution in [2.24, 2.45) is 5.73 Å². The van der Waals surface area contributed by atoms with Crippen molar-refractivity contribution in [2.45, 2.75) is 52.0 Å². The van der Waals surface area contributed by atoms with Crippen LogP contribution in [0.2, 0.25) is 0 Å². The van der Waals surface area contributed by atoms with Crippen molar-refractivity contribution in [1.29, 1.82) is 0 Å². The third-order valence-electron chi connectivity index (χ3n) is 3.65. The summed E-state index contributed by atoms with van der Waals surface area (Å²) in [6.07, 6.45) is 3.22. The predicted octanol–water partition coefficient (Wildman–Crippen LogP) is 2.50. The second kappa shape index (κ2) is 8.78. The second-order valence-corrected chi connectivity index (χ2v) is 6.30. The molecular weight excluding hydrogens is 298 g/mol. The molecule has 0 bridgehead atoms. The molecule has 22 heavy (non-hydrogen) atoms. The number of nitrogens with zero attached hydrogens (tertiary/aromatic N) is 1. The Labute approximate surface area is 136 Å². The van der Waals surface area contributed by atoms with Crippen molar-refractivity contribution < 1.29 is 9.59 Å². The smallest absolute Gasteiger partial charge is 0.251 e. The molecule has 0 spiro atoms. The molecule has 1 aromatic heterocycles. The average molecular weight is 323 g/mol. The van der Waals surface area contributed by atoms with Gasteiger partial charge in [0.05, 0.1) is 11.3 Å². The Kier molecular flexibility index (Phi) is 7.38. The quantitative estimate of drug-likeness (QED) is 0.568.